The van der Waals surface area contributed by atoms with E-state index in [0.29, 0.717) is 4.88 Å². The summed E-state index contributed by atoms with van der Waals surface area (Å²) >= 11 is 1.33. The van der Waals surface area contributed by atoms with Crippen molar-refractivity contribution in [3.63, 3.8) is 0 Å². The summed E-state index contributed by atoms with van der Waals surface area (Å²) < 4.78 is 0. The molecule has 84 valence electrons. The van der Waals surface area contributed by atoms with Gasteiger partial charge in [-0.1, -0.05) is 0 Å². The smallest absolute Gasteiger partial charge is 0.266 e. The van der Waals surface area contributed by atoms with Crippen molar-refractivity contribution in [3.05, 3.63) is 16.1 Å². The van der Waals surface area contributed by atoms with E-state index in [1.54, 1.807) is 17.5 Å². The summed E-state index contributed by atoms with van der Waals surface area (Å²) in [7, 11) is 1.69. The Morgan fingerprint density at radius 2 is 2.27 bits per heavy atom. The van der Waals surface area contributed by atoms with E-state index in [1.807, 2.05) is 20.8 Å². The molecule has 1 heterocycles. The Balaban J connectivity index is 2.92. The fraction of sp³-hybridized carbons (Fsp3) is 0.600. The van der Waals surface area contributed by atoms with Gasteiger partial charge in [0.1, 0.15) is 4.88 Å². The average molecular weight is 228 g/mol. The van der Waals surface area contributed by atoms with Gasteiger partial charge in [-0.05, 0) is 20.8 Å². The molecule has 0 saturated carbocycles. The number of carbonyl (C=O) groups is 1. The van der Waals surface area contributed by atoms with Crippen molar-refractivity contribution in [3.8, 4) is 0 Å². The second-order valence-electron chi connectivity index (χ2n) is 4.10. The highest BCUT2D eigenvalue weighted by atomic mass is 32.1. The molecule has 1 amide bonds. The zero-order chi connectivity index (χ0) is 11.6. The molecule has 1 aromatic heterocycles. The van der Waals surface area contributed by atoms with E-state index in [-0.39, 0.29) is 12.5 Å². The molecular formula is C10H16N2O2S. The molecule has 1 rings (SSSR count). The van der Waals surface area contributed by atoms with E-state index in [4.69, 9.17) is 0 Å². The number of aryl methyl sites for hydroxylation is 1. The Kier molecular flexibility index (Phi) is 3.46. The lowest BCUT2D eigenvalue weighted by atomic mass is 10.1. The maximum Gasteiger partial charge on any atom is 0.266 e. The Morgan fingerprint density at radius 1 is 1.67 bits per heavy atom. The van der Waals surface area contributed by atoms with Crippen LogP contribution < -0.4 is 0 Å². The van der Waals surface area contributed by atoms with Crippen LogP contribution in [0.25, 0.3) is 0 Å². The normalized spacial score (nSPS) is 11.5. The topological polar surface area (TPSA) is 53.4 Å². The summed E-state index contributed by atoms with van der Waals surface area (Å²) in [6, 6.07) is 0. The van der Waals surface area contributed by atoms with Gasteiger partial charge < -0.3 is 10.0 Å². The lowest BCUT2D eigenvalue weighted by Crippen LogP contribution is -2.47. The van der Waals surface area contributed by atoms with Gasteiger partial charge in [-0.3, -0.25) is 4.79 Å². The molecule has 0 aliphatic rings. The van der Waals surface area contributed by atoms with E-state index in [2.05, 4.69) is 4.98 Å². The molecule has 1 aromatic rings. The zero-order valence-corrected chi connectivity index (χ0v) is 10.3. The molecule has 0 radical (unpaired) electrons. The summed E-state index contributed by atoms with van der Waals surface area (Å²) in [4.78, 5) is 18.2. The number of hydrogen-bond acceptors (Lipinski definition) is 4. The first-order valence-electron chi connectivity index (χ1n) is 4.69. The van der Waals surface area contributed by atoms with E-state index in [9.17, 15) is 9.90 Å². The van der Waals surface area contributed by atoms with Crippen LogP contribution in [0.1, 0.15) is 29.2 Å². The highest BCUT2D eigenvalue weighted by Gasteiger charge is 2.29. The van der Waals surface area contributed by atoms with Gasteiger partial charge in [-0.15, -0.1) is 11.3 Å². The Hall–Kier alpha value is -0.940. The van der Waals surface area contributed by atoms with E-state index >= 15 is 0 Å². The van der Waals surface area contributed by atoms with Crippen molar-refractivity contribution >= 4 is 17.2 Å². The standard InChI is InChI=1S/C10H16N2O2S/c1-7-8(15-6-11-7)9(14)12(4)10(2,3)5-13/h6,13H,5H2,1-4H3. The first-order chi connectivity index (χ1) is 6.90. The van der Waals surface area contributed by atoms with Crippen molar-refractivity contribution in [2.24, 2.45) is 0 Å². The third-order valence-corrected chi connectivity index (χ3v) is 3.46. The summed E-state index contributed by atoms with van der Waals surface area (Å²) in [6.45, 7) is 5.39. The van der Waals surface area contributed by atoms with Gasteiger partial charge in [0.2, 0.25) is 0 Å². The van der Waals surface area contributed by atoms with Crippen LogP contribution >= 0.6 is 11.3 Å². The van der Waals surface area contributed by atoms with Crippen LogP contribution in [0.5, 0.6) is 0 Å². The predicted octanol–water partition coefficient (Wildman–Crippen LogP) is 1.29. The Bertz CT molecular complexity index is 360. The molecule has 0 aliphatic carbocycles. The molecule has 0 atom stereocenters. The number of amides is 1. The minimum absolute atomic E-state index is 0.0624. The quantitative estimate of drug-likeness (QED) is 0.848. The number of likely N-dealkylation sites (N-methyl/N-ethyl adjacent to an activating group) is 1. The molecule has 0 saturated heterocycles. The largest absolute Gasteiger partial charge is 0.394 e. The second-order valence-corrected chi connectivity index (χ2v) is 4.96. The molecule has 0 unspecified atom stereocenters. The van der Waals surface area contributed by atoms with E-state index in [0.717, 1.165) is 5.69 Å². The number of hydrogen-bond donors (Lipinski definition) is 1. The van der Waals surface area contributed by atoms with E-state index < -0.39 is 5.54 Å². The fourth-order valence-corrected chi connectivity index (χ4v) is 1.82. The third-order valence-electron chi connectivity index (χ3n) is 2.54. The van der Waals surface area contributed by atoms with Gasteiger partial charge in [0.25, 0.3) is 5.91 Å². The first-order valence-corrected chi connectivity index (χ1v) is 5.57. The number of aromatic nitrogens is 1. The zero-order valence-electron chi connectivity index (χ0n) is 9.44. The molecule has 5 heteroatoms. The van der Waals surface area contributed by atoms with Crippen LogP contribution in [0.3, 0.4) is 0 Å². The number of carbonyl (C=O) groups excluding carboxylic acids is 1. The molecule has 4 nitrogen and oxygen atoms in total. The fourth-order valence-electron chi connectivity index (χ4n) is 1.04. The van der Waals surface area contributed by atoms with Crippen molar-refractivity contribution in [2.45, 2.75) is 26.3 Å². The molecule has 0 aliphatic heterocycles. The summed E-state index contributed by atoms with van der Waals surface area (Å²) in [5.74, 6) is -0.0888. The third kappa shape index (κ3) is 2.35. The maximum absolute atomic E-state index is 12.0. The Morgan fingerprint density at radius 3 is 2.67 bits per heavy atom. The summed E-state index contributed by atoms with van der Waals surface area (Å²) in [6.07, 6.45) is 0. The summed E-state index contributed by atoms with van der Waals surface area (Å²) in [5.41, 5.74) is 1.85. The number of thiazole rings is 1. The van der Waals surface area contributed by atoms with Crippen molar-refractivity contribution in [2.75, 3.05) is 13.7 Å². The lowest BCUT2D eigenvalue weighted by Gasteiger charge is -2.33. The number of aliphatic hydroxyl groups is 1. The van der Waals surface area contributed by atoms with Gasteiger partial charge in [0, 0.05) is 7.05 Å². The summed E-state index contributed by atoms with van der Waals surface area (Å²) in [5, 5.41) is 9.17. The van der Waals surface area contributed by atoms with Crippen molar-refractivity contribution in [1.29, 1.82) is 0 Å². The first kappa shape index (κ1) is 12.1. The van der Waals surface area contributed by atoms with Crippen molar-refractivity contribution in [1.82, 2.24) is 9.88 Å². The highest BCUT2D eigenvalue weighted by Crippen LogP contribution is 2.19. The van der Waals surface area contributed by atoms with Gasteiger partial charge in [0.15, 0.2) is 0 Å². The maximum atomic E-state index is 12.0. The lowest BCUT2D eigenvalue weighted by molar-refractivity contribution is 0.0477. The van der Waals surface area contributed by atoms with Crippen LogP contribution in [0.15, 0.2) is 5.51 Å². The minimum atomic E-state index is -0.548. The molecule has 0 bridgehead atoms. The van der Waals surface area contributed by atoms with E-state index in [1.165, 1.54) is 11.3 Å². The molecular weight excluding hydrogens is 212 g/mol. The molecule has 0 spiro atoms. The number of nitrogens with zero attached hydrogens (tertiary/aromatic N) is 2. The van der Waals surface area contributed by atoms with Crippen LogP contribution in [-0.2, 0) is 0 Å². The average Bonchev–Trinajstić information content (AvgIpc) is 2.62. The van der Waals surface area contributed by atoms with Gasteiger partial charge in [-0.2, -0.15) is 0 Å². The number of rotatable bonds is 3. The molecule has 15 heavy (non-hydrogen) atoms. The molecule has 0 aromatic carbocycles. The SMILES string of the molecule is Cc1ncsc1C(=O)N(C)C(C)(C)CO. The minimum Gasteiger partial charge on any atom is -0.394 e. The van der Waals surface area contributed by atoms with Crippen molar-refractivity contribution < 1.29 is 9.90 Å². The van der Waals surface area contributed by atoms with Crippen LogP contribution in [-0.4, -0.2) is 40.1 Å². The molecule has 1 N–H and O–H groups in total. The second kappa shape index (κ2) is 4.28. The van der Waals surface area contributed by atoms with Gasteiger partial charge >= 0.3 is 0 Å². The van der Waals surface area contributed by atoms with Crippen LogP contribution in [0.2, 0.25) is 0 Å². The highest BCUT2D eigenvalue weighted by molar-refractivity contribution is 7.11. The predicted molar refractivity (Wildman–Crippen MR) is 60.1 cm³/mol. The Labute approximate surface area is 93.6 Å². The molecule has 0 fully saturated rings. The number of aliphatic hydroxyl groups excluding tert-OH is 1. The van der Waals surface area contributed by atoms with Gasteiger partial charge in [0.05, 0.1) is 23.4 Å². The van der Waals surface area contributed by atoms with Crippen LogP contribution in [0, 0.1) is 6.92 Å². The monoisotopic (exact) mass is 228 g/mol. The van der Waals surface area contributed by atoms with Crippen LogP contribution in [0.4, 0.5) is 0 Å². The van der Waals surface area contributed by atoms with Gasteiger partial charge in [-0.25, -0.2) is 4.98 Å².